The minimum Gasteiger partial charge on any atom is -0.497 e. The molecule has 1 aliphatic carbocycles. The number of fused-ring (bicyclic) bond motifs is 4. The normalized spacial score (nSPS) is 24.6. The smallest absolute Gasteiger partial charge is 0.264 e. The summed E-state index contributed by atoms with van der Waals surface area (Å²) < 4.78 is 46.8. The fourth-order valence-electron chi connectivity index (χ4n) is 7.10. The Morgan fingerprint density at radius 1 is 1.02 bits per heavy atom. The molecule has 276 valence electrons. The molecule has 0 unspecified atom stereocenters. The summed E-state index contributed by atoms with van der Waals surface area (Å²) >= 11 is 0. The minimum atomic E-state index is -4.30. The van der Waals surface area contributed by atoms with Crippen molar-refractivity contribution in [2.45, 2.75) is 68.0 Å². The quantitative estimate of drug-likeness (QED) is 0.255. The lowest BCUT2D eigenvalue weighted by Gasteiger charge is -2.25. The third-order valence-corrected chi connectivity index (χ3v) is 11.4. The number of allylic oxidation sites excluding steroid dienone is 1. The van der Waals surface area contributed by atoms with E-state index in [1.54, 1.807) is 19.2 Å². The standard InChI is InChI=1S/C40H42N4O8S/c1-26(45)44-25-31(52-37-23-34(27-12-7-6-8-13-27)41-35-21-29(50-2)17-18-33(35)37)22-36(44)38(46)42-40-24-28(40)14-9-4-3-5-10-19-51-30-15-11-16-32(20-30)53(48,49)43-39(40)47/h6-9,11-18,20-21,23,28,31,36H,3-5,10,19,22,24-25H2,1-2H3,(H,42,46)(H,43,47)/b14-9+/t28-,31+,36-,40+/m0/s1. The Kier molecular flexibility index (Phi) is 10.1. The van der Waals surface area contributed by atoms with Gasteiger partial charge in [0.15, 0.2) is 0 Å². The highest BCUT2D eigenvalue weighted by molar-refractivity contribution is 7.90. The molecule has 1 aromatic heterocycles. The van der Waals surface area contributed by atoms with Crippen LogP contribution in [0, 0.1) is 5.92 Å². The number of aromatic nitrogens is 1. The zero-order valence-corrected chi connectivity index (χ0v) is 30.4. The number of ether oxygens (including phenoxy) is 3. The Labute approximate surface area is 308 Å². The van der Waals surface area contributed by atoms with E-state index in [1.165, 1.54) is 24.0 Å². The molecule has 3 amide bonds. The van der Waals surface area contributed by atoms with E-state index >= 15 is 0 Å². The van der Waals surface area contributed by atoms with Gasteiger partial charge < -0.3 is 24.4 Å². The van der Waals surface area contributed by atoms with Crippen LogP contribution in [-0.2, 0) is 24.4 Å². The number of hydrogen-bond donors (Lipinski definition) is 2. The van der Waals surface area contributed by atoms with Gasteiger partial charge in [-0.05, 0) is 56.4 Å². The van der Waals surface area contributed by atoms with Crippen LogP contribution in [0.4, 0.5) is 0 Å². The monoisotopic (exact) mass is 738 g/mol. The number of carbonyl (C=O) groups is 3. The van der Waals surface area contributed by atoms with Gasteiger partial charge in [0.2, 0.25) is 11.8 Å². The Morgan fingerprint density at radius 3 is 2.64 bits per heavy atom. The molecule has 3 aliphatic rings. The molecule has 3 aromatic carbocycles. The topological polar surface area (TPSA) is 153 Å². The van der Waals surface area contributed by atoms with E-state index in [-0.39, 0.29) is 30.2 Å². The first kappa shape index (κ1) is 36.0. The fourth-order valence-corrected chi connectivity index (χ4v) is 8.17. The maximum absolute atomic E-state index is 14.1. The molecule has 2 aliphatic heterocycles. The third-order valence-electron chi connectivity index (χ3n) is 10.1. The highest BCUT2D eigenvalue weighted by Crippen LogP contribution is 2.46. The highest BCUT2D eigenvalue weighted by Gasteiger charge is 2.61. The summed E-state index contributed by atoms with van der Waals surface area (Å²) in [5.41, 5.74) is 0.713. The Morgan fingerprint density at radius 2 is 1.85 bits per heavy atom. The van der Waals surface area contributed by atoms with E-state index in [9.17, 15) is 22.8 Å². The molecule has 2 bridgehead atoms. The molecule has 53 heavy (non-hydrogen) atoms. The van der Waals surface area contributed by atoms with E-state index in [0.717, 1.165) is 36.6 Å². The molecule has 1 saturated heterocycles. The molecular formula is C40H42N4O8S. The van der Waals surface area contributed by atoms with E-state index in [4.69, 9.17) is 19.2 Å². The number of nitrogens with zero attached hydrogens (tertiary/aromatic N) is 2. The first-order chi connectivity index (χ1) is 25.6. The van der Waals surface area contributed by atoms with Crippen LogP contribution in [0.5, 0.6) is 17.2 Å². The van der Waals surface area contributed by atoms with Crippen molar-refractivity contribution in [1.82, 2.24) is 19.9 Å². The van der Waals surface area contributed by atoms with E-state index in [1.807, 2.05) is 66.7 Å². The summed E-state index contributed by atoms with van der Waals surface area (Å²) in [5.74, 6) is -0.605. The second kappa shape index (κ2) is 14.9. The molecule has 4 atom stereocenters. The largest absolute Gasteiger partial charge is 0.497 e. The Bertz CT molecular complexity index is 2180. The number of nitrogens with one attached hydrogen (secondary N) is 2. The van der Waals surface area contributed by atoms with Crippen LogP contribution in [0.2, 0.25) is 0 Å². The van der Waals surface area contributed by atoms with Crippen molar-refractivity contribution in [1.29, 1.82) is 0 Å². The molecule has 3 heterocycles. The van der Waals surface area contributed by atoms with Crippen LogP contribution in [0.3, 0.4) is 0 Å². The number of methoxy groups -OCH3 is 1. The average Bonchev–Trinajstić information content (AvgIpc) is 3.68. The van der Waals surface area contributed by atoms with Gasteiger partial charge in [0.25, 0.3) is 15.9 Å². The van der Waals surface area contributed by atoms with Crippen molar-refractivity contribution in [2.24, 2.45) is 5.92 Å². The number of likely N-dealkylation sites (tertiary alicyclic amines) is 1. The van der Waals surface area contributed by atoms with Gasteiger partial charge in [0, 0.05) is 48.4 Å². The molecule has 2 fully saturated rings. The van der Waals surface area contributed by atoms with E-state index in [2.05, 4.69) is 10.0 Å². The van der Waals surface area contributed by atoms with Gasteiger partial charge in [-0.3, -0.25) is 14.4 Å². The van der Waals surface area contributed by atoms with Crippen molar-refractivity contribution in [3.05, 3.63) is 91.0 Å². The minimum absolute atomic E-state index is 0.124. The molecule has 4 aromatic rings. The number of rotatable bonds is 6. The van der Waals surface area contributed by atoms with Crippen LogP contribution in [0.15, 0.2) is 95.9 Å². The van der Waals surface area contributed by atoms with Gasteiger partial charge in [-0.25, -0.2) is 18.1 Å². The number of amides is 3. The van der Waals surface area contributed by atoms with Crippen molar-refractivity contribution in [3.8, 4) is 28.5 Å². The summed E-state index contributed by atoms with van der Waals surface area (Å²) in [6.45, 7) is 1.96. The number of benzene rings is 3. The van der Waals surface area contributed by atoms with Crippen molar-refractivity contribution in [2.75, 3.05) is 20.3 Å². The van der Waals surface area contributed by atoms with Crippen molar-refractivity contribution in [3.63, 3.8) is 0 Å². The molecular weight excluding hydrogens is 697 g/mol. The molecule has 1 saturated carbocycles. The first-order valence-corrected chi connectivity index (χ1v) is 19.3. The van der Waals surface area contributed by atoms with Crippen LogP contribution in [0.1, 0.15) is 45.4 Å². The van der Waals surface area contributed by atoms with Crippen molar-refractivity contribution < 1.29 is 37.0 Å². The second-order valence-electron chi connectivity index (χ2n) is 13.7. The summed E-state index contributed by atoms with van der Waals surface area (Å²) in [6, 6.07) is 22.1. The van der Waals surface area contributed by atoms with Crippen molar-refractivity contribution >= 4 is 38.6 Å². The number of pyridine rings is 1. The zero-order chi connectivity index (χ0) is 37.2. The lowest BCUT2D eigenvalue weighted by atomic mass is 10.1. The SMILES string of the molecule is COc1ccc2c(O[C@@H]3C[C@@H](C(=O)N[C@]45C[C@@H]4/C=C/CCCCCOc4cccc(c4)S(=O)(=O)NC5=O)N(C(C)=O)C3)cc(-c3ccccc3)nc2c1. The Balaban J connectivity index is 1.14. The highest BCUT2D eigenvalue weighted by atomic mass is 32.2. The summed E-state index contributed by atoms with van der Waals surface area (Å²) in [5, 5.41) is 3.62. The van der Waals surface area contributed by atoms with Crippen LogP contribution < -0.4 is 24.2 Å². The number of carbonyl (C=O) groups excluding carboxylic acids is 3. The van der Waals surface area contributed by atoms with Gasteiger partial charge in [0.05, 0.1) is 36.4 Å². The maximum Gasteiger partial charge on any atom is 0.264 e. The van der Waals surface area contributed by atoms with Gasteiger partial charge >= 0.3 is 0 Å². The lowest BCUT2D eigenvalue weighted by Crippen LogP contribution is -2.56. The second-order valence-corrected chi connectivity index (χ2v) is 15.4. The van der Waals surface area contributed by atoms with Crippen LogP contribution in [0.25, 0.3) is 22.2 Å². The summed E-state index contributed by atoms with van der Waals surface area (Å²) in [4.78, 5) is 47.1. The zero-order valence-electron chi connectivity index (χ0n) is 29.6. The molecule has 13 heteroatoms. The van der Waals surface area contributed by atoms with Gasteiger partial charge in [-0.2, -0.15) is 0 Å². The van der Waals surface area contributed by atoms with Crippen LogP contribution >= 0.6 is 0 Å². The maximum atomic E-state index is 14.1. The van der Waals surface area contributed by atoms with E-state index < -0.39 is 45.4 Å². The van der Waals surface area contributed by atoms with E-state index in [0.29, 0.717) is 35.1 Å². The van der Waals surface area contributed by atoms with Crippen LogP contribution in [-0.4, -0.2) is 74.0 Å². The molecule has 0 radical (unpaired) electrons. The Hall–Kier alpha value is -5.43. The van der Waals surface area contributed by atoms with Gasteiger partial charge in [0.1, 0.15) is 34.9 Å². The number of sulfonamides is 1. The average molecular weight is 739 g/mol. The summed E-state index contributed by atoms with van der Waals surface area (Å²) in [6.07, 6.45) is 7.02. The lowest BCUT2D eigenvalue weighted by molar-refractivity contribution is -0.138. The first-order valence-electron chi connectivity index (χ1n) is 17.8. The molecule has 12 nitrogen and oxygen atoms in total. The predicted octanol–water partition coefficient (Wildman–Crippen LogP) is 5.17. The predicted molar refractivity (Wildman–Crippen MR) is 198 cm³/mol. The van der Waals surface area contributed by atoms with Gasteiger partial charge in [-0.15, -0.1) is 0 Å². The number of hydrogen-bond acceptors (Lipinski definition) is 9. The summed E-state index contributed by atoms with van der Waals surface area (Å²) in [7, 11) is -2.72. The molecule has 7 rings (SSSR count). The fraction of sp³-hybridized carbons (Fsp3) is 0.350. The molecule has 0 spiro atoms. The third kappa shape index (κ3) is 7.71. The van der Waals surface area contributed by atoms with Gasteiger partial charge in [-0.1, -0.05) is 48.6 Å². The molecule has 2 N–H and O–H groups in total.